The van der Waals surface area contributed by atoms with E-state index < -0.39 is 0 Å². The average molecular weight is 419 g/mol. The Morgan fingerprint density at radius 2 is 1.60 bits per heavy atom. The van der Waals surface area contributed by atoms with Crippen molar-refractivity contribution in [2.75, 3.05) is 54.6 Å². The molecule has 3 rings (SSSR count). The molecular formula is C21H34N6O3. The maximum atomic E-state index is 5.62. The Kier molecular flexibility index (Phi) is 6.82. The lowest BCUT2D eigenvalue weighted by Gasteiger charge is -2.38. The lowest BCUT2D eigenvalue weighted by Crippen LogP contribution is -2.47. The third-order valence-electron chi connectivity index (χ3n) is 6.08. The van der Waals surface area contributed by atoms with Crippen molar-refractivity contribution in [3.8, 4) is 17.2 Å². The monoisotopic (exact) mass is 418 g/mol. The Morgan fingerprint density at radius 1 is 1.00 bits per heavy atom. The normalized spacial score (nSPS) is 17.0. The van der Waals surface area contributed by atoms with Crippen LogP contribution in [0.5, 0.6) is 17.2 Å². The van der Waals surface area contributed by atoms with Crippen LogP contribution in [-0.2, 0) is 5.54 Å². The van der Waals surface area contributed by atoms with Gasteiger partial charge in [-0.2, -0.15) is 0 Å². The summed E-state index contributed by atoms with van der Waals surface area (Å²) in [5.74, 6) is 2.65. The summed E-state index contributed by atoms with van der Waals surface area (Å²) >= 11 is 0. The number of piperazine rings is 1. The molecule has 2 aromatic rings. The van der Waals surface area contributed by atoms with Gasteiger partial charge in [0.1, 0.15) is 0 Å². The molecule has 30 heavy (non-hydrogen) atoms. The summed E-state index contributed by atoms with van der Waals surface area (Å²) in [5.41, 5.74) is 0.807. The van der Waals surface area contributed by atoms with Crippen LogP contribution in [0.1, 0.15) is 44.6 Å². The first-order chi connectivity index (χ1) is 14.4. The van der Waals surface area contributed by atoms with Gasteiger partial charge < -0.3 is 19.1 Å². The van der Waals surface area contributed by atoms with E-state index in [0.717, 1.165) is 44.0 Å². The van der Waals surface area contributed by atoms with Crippen LogP contribution in [0.25, 0.3) is 0 Å². The quantitative estimate of drug-likeness (QED) is 0.646. The van der Waals surface area contributed by atoms with E-state index >= 15 is 0 Å². The molecule has 0 aliphatic carbocycles. The minimum absolute atomic E-state index is 0.131. The maximum absolute atomic E-state index is 5.62. The fourth-order valence-corrected chi connectivity index (χ4v) is 3.81. The van der Waals surface area contributed by atoms with E-state index in [4.69, 9.17) is 14.2 Å². The van der Waals surface area contributed by atoms with E-state index in [1.54, 1.807) is 21.3 Å². The molecule has 1 aromatic carbocycles. The number of tetrazole rings is 1. The molecule has 1 fully saturated rings. The number of aromatic nitrogens is 4. The van der Waals surface area contributed by atoms with Gasteiger partial charge in [-0.05, 0) is 55.4 Å². The summed E-state index contributed by atoms with van der Waals surface area (Å²) in [5, 5.41) is 12.9. The Labute approximate surface area is 178 Å². The Morgan fingerprint density at radius 3 is 2.10 bits per heavy atom. The third kappa shape index (κ3) is 4.22. The van der Waals surface area contributed by atoms with Crippen LogP contribution in [0.3, 0.4) is 0 Å². The minimum atomic E-state index is -0.204. The first-order valence-electron chi connectivity index (χ1n) is 10.4. The van der Waals surface area contributed by atoms with Crippen LogP contribution in [0.15, 0.2) is 12.1 Å². The zero-order valence-electron chi connectivity index (χ0n) is 19.2. The first-order valence-corrected chi connectivity index (χ1v) is 10.4. The van der Waals surface area contributed by atoms with E-state index in [1.807, 2.05) is 16.8 Å². The van der Waals surface area contributed by atoms with Crippen molar-refractivity contribution in [3.05, 3.63) is 23.5 Å². The smallest absolute Gasteiger partial charge is 0.203 e. The highest BCUT2D eigenvalue weighted by atomic mass is 16.5. The molecule has 1 atom stereocenters. The molecule has 0 spiro atoms. The predicted molar refractivity (Wildman–Crippen MR) is 114 cm³/mol. The number of benzene rings is 1. The van der Waals surface area contributed by atoms with E-state index in [2.05, 4.69) is 53.1 Å². The van der Waals surface area contributed by atoms with Gasteiger partial charge in [0.15, 0.2) is 17.3 Å². The second-order valence-electron chi connectivity index (χ2n) is 8.32. The standard InChI is InChI=1S/C21H34N6O3/c1-8-21(2,3)27-20(22-23-24-27)18(26-11-9-25(4)10-12-26)15-13-16(28-5)19(30-7)17(14-15)29-6/h13-14,18H,8-12H2,1-7H3/t18-/m0/s1. The van der Waals surface area contributed by atoms with Gasteiger partial charge in [-0.15, -0.1) is 5.10 Å². The van der Waals surface area contributed by atoms with Gasteiger partial charge >= 0.3 is 0 Å². The third-order valence-corrected chi connectivity index (χ3v) is 6.08. The number of hydrogen-bond donors (Lipinski definition) is 0. The van der Waals surface area contributed by atoms with Crippen LogP contribution >= 0.6 is 0 Å². The number of ether oxygens (including phenoxy) is 3. The number of rotatable bonds is 8. The number of nitrogens with zero attached hydrogens (tertiary/aromatic N) is 6. The Hall–Kier alpha value is -2.39. The molecule has 0 saturated carbocycles. The van der Waals surface area contributed by atoms with Crippen molar-refractivity contribution in [2.45, 2.75) is 38.8 Å². The van der Waals surface area contributed by atoms with Gasteiger partial charge in [-0.3, -0.25) is 4.90 Å². The van der Waals surface area contributed by atoms with Crippen molar-refractivity contribution in [1.82, 2.24) is 30.0 Å². The summed E-state index contributed by atoms with van der Waals surface area (Å²) in [4.78, 5) is 4.76. The minimum Gasteiger partial charge on any atom is -0.493 e. The van der Waals surface area contributed by atoms with E-state index in [1.165, 1.54) is 0 Å². The van der Waals surface area contributed by atoms with Crippen molar-refractivity contribution in [3.63, 3.8) is 0 Å². The van der Waals surface area contributed by atoms with Crippen LogP contribution in [0.4, 0.5) is 0 Å². The molecule has 0 unspecified atom stereocenters. The summed E-state index contributed by atoms with van der Waals surface area (Å²) in [6, 6.07) is 3.87. The highest BCUT2D eigenvalue weighted by Gasteiger charge is 2.34. The molecule has 1 aliphatic rings. The zero-order chi connectivity index (χ0) is 21.9. The van der Waals surface area contributed by atoms with Gasteiger partial charge in [0.2, 0.25) is 5.75 Å². The molecule has 0 radical (unpaired) electrons. The van der Waals surface area contributed by atoms with Crippen molar-refractivity contribution in [1.29, 1.82) is 0 Å². The SMILES string of the molecule is CCC(C)(C)n1nnnc1[C@H](c1cc(OC)c(OC)c(OC)c1)N1CCN(C)CC1. The summed E-state index contributed by atoms with van der Waals surface area (Å²) < 4.78 is 18.7. The molecule has 1 aliphatic heterocycles. The van der Waals surface area contributed by atoms with Crippen LogP contribution in [0.2, 0.25) is 0 Å². The van der Waals surface area contributed by atoms with Crippen molar-refractivity contribution < 1.29 is 14.2 Å². The predicted octanol–water partition coefficient (Wildman–Crippen LogP) is 2.18. The van der Waals surface area contributed by atoms with E-state index in [9.17, 15) is 0 Å². The van der Waals surface area contributed by atoms with E-state index in [0.29, 0.717) is 17.2 Å². The van der Waals surface area contributed by atoms with Gasteiger partial charge in [-0.1, -0.05) is 6.92 Å². The second-order valence-corrected chi connectivity index (χ2v) is 8.32. The second kappa shape index (κ2) is 9.18. The first kappa shape index (κ1) is 22.3. The zero-order valence-corrected chi connectivity index (χ0v) is 19.2. The topological polar surface area (TPSA) is 77.8 Å². The molecule has 1 saturated heterocycles. The Balaban J connectivity index is 2.16. The largest absolute Gasteiger partial charge is 0.493 e. The molecule has 166 valence electrons. The van der Waals surface area contributed by atoms with Crippen LogP contribution in [0, 0.1) is 0 Å². The molecule has 9 nitrogen and oxygen atoms in total. The summed E-state index contributed by atoms with van der Waals surface area (Å²) in [6.07, 6.45) is 0.912. The fraction of sp³-hybridized carbons (Fsp3) is 0.667. The Bertz CT molecular complexity index is 820. The lowest BCUT2D eigenvalue weighted by molar-refractivity contribution is 0.117. The molecule has 0 N–H and O–H groups in total. The highest BCUT2D eigenvalue weighted by molar-refractivity contribution is 5.55. The summed E-state index contributed by atoms with van der Waals surface area (Å²) in [7, 11) is 7.03. The van der Waals surface area contributed by atoms with Gasteiger partial charge in [0.05, 0.1) is 32.9 Å². The fourth-order valence-electron chi connectivity index (χ4n) is 3.81. The lowest BCUT2D eigenvalue weighted by atomic mass is 9.98. The molecule has 0 bridgehead atoms. The van der Waals surface area contributed by atoms with Crippen molar-refractivity contribution >= 4 is 0 Å². The number of hydrogen-bond acceptors (Lipinski definition) is 8. The van der Waals surface area contributed by atoms with E-state index in [-0.39, 0.29) is 11.6 Å². The maximum Gasteiger partial charge on any atom is 0.203 e. The van der Waals surface area contributed by atoms with Crippen molar-refractivity contribution in [2.24, 2.45) is 0 Å². The molecule has 1 aromatic heterocycles. The number of likely N-dealkylation sites (N-methyl/N-ethyl adjacent to an activating group) is 1. The van der Waals surface area contributed by atoms with Crippen LogP contribution < -0.4 is 14.2 Å². The molecule has 9 heteroatoms. The number of methoxy groups -OCH3 is 3. The van der Waals surface area contributed by atoms with Gasteiger partial charge in [-0.25, -0.2) is 4.68 Å². The van der Waals surface area contributed by atoms with Gasteiger partial charge in [0.25, 0.3) is 0 Å². The van der Waals surface area contributed by atoms with Crippen LogP contribution in [-0.4, -0.2) is 84.6 Å². The molecule has 2 heterocycles. The highest BCUT2D eigenvalue weighted by Crippen LogP contribution is 2.42. The summed E-state index contributed by atoms with van der Waals surface area (Å²) in [6.45, 7) is 10.3. The average Bonchev–Trinajstić information content (AvgIpc) is 3.24. The van der Waals surface area contributed by atoms with Gasteiger partial charge in [0, 0.05) is 26.2 Å². The molecule has 0 amide bonds. The molecular weight excluding hydrogens is 384 g/mol.